The number of morpholine rings is 1. The second kappa shape index (κ2) is 6.99. The van der Waals surface area contributed by atoms with Crippen molar-refractivity contribution in [3.8, 4) is 0 Å². The van der Waals surface area contributed by atoms with Crippen LogP contribution < -0.4 is 5.32 Å². The number of rotatable bonds is 4. The lowest BCUT2D eigenvalue weighted by Crippen LogP contribution is -2.48. The topological polar surface area (TPSA) is 88.6 Å². The molecule has 0 bridgehead atoms. The van der Waals surface area contributed by atoms with E-state index < -0.39 is 9.84 Å². The molecule has 9 heteroatoms. The van der Waals surface area contributed by atoms with Crippen molar-refractivity contribution in [2.45, 2.75) is 31.0 Å². The van der Waals surface area contributed by atoms with E-state index in [1.54, 1.807) is 12.1 Å². The van der Waals surface area contributed by atoms with Gasteiger partial charge in [0.25, 0.3) is 0 Å². The van der Waals surface area contributed by atoms with Crippen LogP contribution in [-0.2, 0) is 19.4 Å². The van der Waals surface area contributed by atoms with Crippen LogP contribution >= 0.6 is 11.3 Å². The number of hydrogen-bond acceptors (Lipinski definition) is 7. The van der Waals surface area contributed by atoms with Crippen molar-refractivity contribution in [3.05, 3.63) is 18.2 Å². The molecule has 1 aliphatic heterocycles. The van der Waals surface area contributed by atoms with Gasteiger partial charge in [-0.2, -0.15) is 0 Å². The molecule has 1 saturated heterocycles. The van der Waals surface area contributed by atoms with E-state index in [1.807, 2.05) is 13.8 Å². The molecule has 2 atom stereocenters. The van der Waals surface area contributed by atoms with Gasteiger partial charge in [0.2, 0.25) is 5.91 Å². The fourth-order valence-electron chi connectivity index (χ4n) is 2.96. The van der Waals surface area contributed by atoms with Gasteiger partial charge in [-0.3, -0.25) is 9.69 Å². The summed E-state index contributed by atoms with van der Waals surface area (Å²) >= 11 is 1.27. The highest BCUT2D eigenvalue weighted by Gasteiger charge is 2.24. The Hall–Kier alpha value is -1.55. The van der Waals surface area contributed by atoms with Crippen molar-refractivity contribution in [1.29, 1.82) is 0 Å². The minimum absolute atomic E-state index is 0.105. The summed E-state index contributed by atoms with van der Waals surface area (Å²) in [4.78, 5) is 18.9. The average molecular weight is 383 g/mol. The molecule has 1 amide bonds. The van der Waals surface area contributed by atoms with Gasteiger partial charge in [0, 0.05) is 19.3 Å². The van der Waals surface area contributed by atoms with Crippen LogP contribution in [0.1, 0.15) is 13.8 Å². The predicted octanol–water partition coefficient (Wildman–Crippen LogP) is 1.75. The number of thiazole rings is 1. The highest BCUT2D eigenvalue weighted by atomic mass is 32.2. The van der Waals surface area contributed by atoms with Gasteiger partial charge in [-0.15, -0.1) is 0 Å². The first kappa shape index (κ1) is 18.2. The number of hydrogen-bond donors (Lipinski definition) is 1. The van der Waals surface area contributed by atoms with E-state index in [0.29, 0.717) is 10.6 Å². The predicted molar refractivity (Wildman–Crippen MR) is 97.8 cm³/mol. The summed E-state index contributed by atoms with van der Waals surface area (Å²) in [6.07, 6.45) is 1.38. The third-order valence-corrected chi connectivity index (χ3v) is 5.94. The van der Waals surface area contributed by atoms with Crippen molar-refractivity contribution >= 4 is 42.4 Å². The van der Waals surface area contributed by atoms with Crippen LogP contribution in [0.4, 0.5) is 5.13 Å². The summed E-state index contributed by atoms with van der Waals surface area (Å²) in [6, 6.07) is 4.77. The van der Waals surface area contributed by atoms with Crippen LogP contribution in [0.15, 0.2) is 23.1 Å². The van der Waals surface area contributed by atoms with Gasteiger partial charge < -0.3 is 10.1 Å². The lowest BCUT2D eigenvalue weighted by atomic mass is 10.2. The molecule has 0 saturated carbocycles. The number of nitrogens with zero attached hydrogens (tertiary/aromatic N) is 2. The second-order valence-electron chi connectivity index (χ2n) is 6.42. The normalized spacial score (nSPS) is 22.2. The molecule has 2 heterocycles. The zero-order valence-electron chi connectivity index (χ0n) is 14.4. The number of fused-ring (bicyclic) bond motifs is 1. The van der Waals surface area contributed by atoms with Gasteiger partial charge in [-0.1, -0.05) is 11.3 Å². The van der Waals surface area contributed by atoms with Gasteiger partial charge in [0.1, 0.15) is 0 Å². The highest BCUT2D eigenvalue weighted by Crippen LogP contribution is 2.28. The first-order valence-electron chi connectivity index (χ1n) is 7.99. The fourth-order valence-corrected chi connectivity index (χ4v) is 4.61. The molecular weight excluding hydrogens is 362 g/mol. The summed E-state index contributed by atoms with van der Waals surface area (Å²) in [6.45, 7) is 5.70. The molecule has 2 aromatic rings. The average Bonchev–Trinajstić information content (AvgIpc) is 2.85. The molecule has 1 aromatic heterocycles. The smallest absolute Gasteiger partial charge is 0.240 e. The Balaban J connectivity index is 1.69. The monoisotopic (exact) mass is 383 g/mol. The van der Waals surface area contributed by atoms with Gasteiger partial charge in [0.15, 0.2) is 15.0 Å². The van der Waals surface area contributed by atoms with E-state index in [1.165, 1.54) is 23.7 Å². The Bertz CT molecular complexity index is 884. The molecule has 1 fully saturated rings. The SMILES string of the molecule is C[C@@H]1CN(CC(=O)Nc2nc3ccc(S(C)(=O)=O)cc3s2)C[C@@H](C)O1. The molecule has 0 spiro atoms. The summed E-state index contributed by atoms with van der Waals surface area (Å²) < 4.78 is 29.7. The minimum Gasteiger partial charge on any atom is -0.373 e. The van der Waals surface area contributed by atoms with Gasteiger partial charge in [-0.05, 0) is 32.0 Å². The zero-order chi connectivity index (χ0) is 18.2. The molecule has 136 valence electrons. The molecular formula is C16H21N3O4S2. The Kier molecular flexibility index (Phi) is 5.10. The van der Waals surface area contributed by atoms with Crippen molar-refractivity contribution in [2.24, 2.45) is 0 Å². The molecule has 1 N–H and O–H groups in total. The quantitative estimate of drug-likeness (QED) is 0.865. The van der Waals surface area contributed by atoms with Crippen molar-refractivity contribution in [2.75, 3.05) is 31.2 Å². The van der Waals surface area contributed by atoms with Gasteiger partial charge >= 0.3 is 0 Å². The Labute approximate surface area is 150 Å². The van der Waals surface area contributed by atoms with Crippen LogP contribution in [0.25, 0.3) is 10.2 Å². The number of benzene rings is 1. The summed E-state index contributed by atoms with van der Waals surface area (Å²) in [5.74, 6) is -0.135. The van der Waals surface area contributed by atoms with Crippen LogP contribution in [0.3, 0.4) is 0 Å². The van der Waals surface area contributed by atoms with Crippen LogP contribution in [0.5, 0.6) is 0 Å². The number of nitrogens with one attached hydrogen (secondary N) is 1. The van der Waals surface area contributed by atoms with Crippen molar-refractivity contribution in [3.63, 3.8) is 0 Å². The lowest BCUT2D eigenvalue weighted by Gasteiger charge is -2.34. The number of sulfone groups is 1. The number of aromatic nitrogens is 1. The van der Waals surface area contributed by atoms with Crippen LogP contribution in [0.2, 0.25) is 0 Å². The Morgan fingerprint density at radius 1 is 1.36 bits per heavy atom. The van der Waals surface area contributed by atoms with E-state index >= 15 is 0 Å². The maximum absolute atomic E-state index is 12.3. The maximum Gasteiger partial charge on any atom is 0.240 e. The molecule has 0 aliphatic carbocycles. The first-order valence-corrected chi connectivity index (χ1v) is 10.7. The van der Waals surface area contributed by atoms with Crippen molar-refractivity contribution < 1.29 is 17.9 Å². The molecule has 25 heavy (non-hydrogen) atoms. The molecule has 3 rings (SSSR count). The third-order valence-electron chi connectivity index (χ3n) is 3.90. The molecule has 0 radical (unpaired) electrons. The molecule has 1 aromatic carbocycles. The maximum atomic E-state index is 12.3. The number of amides is 1. The van der Waals surface area contributed by atoms with E-state index in [-0.39, 0.29) is 29.6 Å². The Morgan fingerprint density at radius 2 is 2.04 bits per heavy atom. The van der Waals surface area contributed by atoms with E-state index in [9.17, 15) is 13.2 Å². The zero-order valence-corrected chi connectivity index (χ0v) is 16.0. The summed E-state index contributed by atoms with van der Waals surface area (Å²) in [5.41, 5.74) is 0.668. The Morgan fingerprint density at radius 3 is 2.68 bits per heavy atom. The molecule has 7 nitrogen and oxygen atoms in total. The number of ether oxygens (including phenoxy) is 1. The lowest BCUT2D eigenvalue weighted by molar-refractivity contribution is -0.121. The first-order chi connectivity index (χ1) is 11.7. The summed E-state index contributed by atoms with van der Waals surface area (Å²) in [5, 5.41) is 3.28. The fraction of sp³-hybridized carbons (Fsp3) is 0.500. The number of carbonyl (C=O) groups is 1. The largest absolute Gasteiger partial charge is 0.373 e. The number of carbonyl (C=O) groups excluding carboxylic acids is 1. The highest BCUT2D eigenvalue weighted by molar-refractivity contribution is 7.90. The van der Waals surface area contributed by atoms with E-state index in [2.05, 4.69) is 15.2 Å². The minimum atomic E-state index is -3.26. The van der Waals surface area contributed by atoms with Crippen LogP contribution in [0, 0.1) is 0 Å². The summed E-state index contributed by atoms with van der Waals surface area (Å²) in [7, 11) is -3.26. The number of anilines is 1. The van der Waals surface area contributed by atoms with Crippen LogP contribution in [-0.4, -0.2) is 62.3 Å². The van der Waals surface area contributed by atoms with E-state index in [0.717, 1.165) is 17.8 Å². The van der Waals surface area contributed by atoms with Gasteiger partial charge in [0.05, 0.1) is 33.9 Å². The molecule has 0 unspecified atom stereocenters. The van der Waals surface area contributed by atoms with Crippen molar-refractivity contribution in [1.82, 2.24) is 9.88 Å². The third kappa shape index (κ3) is 4.55. The standard InChI is InChI=1S/C16H21N3O4S2/c1-10-7-19(8-11(2)23-10)9-15(20)18-16-17-13-5-4-12(25(3,21)22)6-14(13)24-16/h4-6,10-11H,7-9H2,1-3H3,(H,17,18,20)/t10-,11-/m1/s1. The molecule has 1 aliphatic rings. The second-order valence-corrected chi connectivity index (χ2v) is 9.47. The van der Waals surface area contributed by atoms with Gasteiger partial charge in [-0.25, -0.2) is 13.4 Å². The van der Waals surface area contributed by atoms with E-state index in [4.69, 9.17) is 4.74 Å².